The average Bonchev–Trinajstić information content (AvgIpc) is 2.39. The van der Waals surface area contributed by atoms with Crippen LogP contribution < -0.4 is 14.8 Å². The number of nitrogens with one attached hydrogen (secondary N) is 1. The fourth-order valence-corrected chi connectivity index (χ4v) is 2.37. The van der Waals surface area contributed by atoms with E-state index in [0.29, 0.717) is 21.5 Å². The van der Waals surface area contributed by atoms with E-state index in [0.717, 1.165) is 12.8 Å². The fourth-order valence-electron chi connectivity index (χ4n) is 1.81. The summed E-state index contributed by atoms with van der Waals surface area (Å²) in [5.41, 5.74) is 0.528. The maximum Gasteiger partial charge on any atom is 0.251 e. The molecule has 0 aliphatic heterocycles. The number of halogens is 1. The molecule has 1 aromatic rings. The highest BCUT2D eigenvalue weighted by Gasteiger charge is 2.15. The molecule has 0 spiro atoms. The Labute approximate surface area is 122 Å². The highest BCUT2D eigenvalue weighted by Crippen LogP contribution is 2.35. The van der Waals surface area contributed by atoms with Crippen molar-refractivity contribution in [2.45, 2.75) is 32.7 Å². The average molecular weight is 330 g/mol. The summed E-state index contributed by atoms with van der Waals surface area (Å²) in [5.74, 6) is 1.03. The van der Waals surface area contributed by atoms with E-state index in [1.54, 1.807) is 26.4 Å². The molecule has 0 heterocycles. The number of methoxy groups -OCH3 is 2. The Morgan fingerprint density at radius 3 is 2.26 bits per heavy atom. The Kier molecular flexibility index (Phi) is 6.15. The van der Waals surface area contributed by atoms with Gasteiger partial charge in [0.2, 0.25) is 0 Å². The fraction of sp³-hybridized carbons (Fsp3) is 0.500. The molecule has 0 fully saturated rings. The molecule has 1 amide bonds. The van der Waals surface area contributed by atoms with Crippen molar-refractivity contribution in [3.63, 3.8) is 0 Å². The zero-order chi connectivity index (χ0) is 14.4. The highest BCUT2D eigenvalue weighted by molar-refractivity contribution is 9.10. The van der Waals surface area contributed by atoms with Gasteiger partial charge in [-0.25, -0.2) is 0 Å². The second-order valence-corrected chi connectivity index (χ2v) is 5.15. The summed E-state index contributed by atoms with van der Waals surface area (Å²) in [6, 6.07) is 3.54. The first kappa shape index (κ1) is 15.8. The van der Waals surface area contributed by atoms with Gasteiger partial charge < -0.3 is 14.8 Å². The van der Waals surface area contributed by atoms with Crippen LogP contribution in [0, 0.1) is 0 Å². The first-order valence-electron chi connectivity index (χ1n) is 6.25. The number of ether oxygens (including phenoxy) is 2. The van der Waals surface area contributed by atoms with Crippen molar-refractivity contribution in [1.82, 2.24) is 5.32 Å². The van der Waals surface area contributed by atoms with E-state index in [1.165, 1.54) is 0 Å². The number of amides is 1. The molecule has 1 rings (SSSR count). The van der Waals surface area contributed by atoms with Crippen LogP contribution in [0.1, 0.15) is 37.0 Å². The van der Waals surface area contributed by atoms with E-state index in [1.807, 2.05) is 6.92 Å². The molecule has 0 unspecified atom stereocenters. The monoisotopic (exact) mass is 329 g/mol. The lowest BCUT2D eigenvalue weighted by atomic mass is 10.1. The molecule has 0 aliphatic rings. The molecular formula is C14H20BrNO3. The molecule has 0 aromatic heterocycles. The summed E-state index contributed by atoms with van der Waals surface area (Å²) in [5, 5.41) is 2.95. The predicted octanol–water partition coefficient (Wildman–Crippen LogP) is 3.38. The highest BCUT2D eigenvalue weighted by atomic mass is 79.9. The van der Waals surface area contributed by atoms with Gasteiger partial charge >= 0.3 is 0 Å². The van der Waals surface area contributed by atoms with Crippen molar-refractivity contribution < 1.29 is 14.3 Å². The van der Waals surface area contributed by atoms with Crippen molar-refractivity contribution in [2.24, 2.45) is 0 Å². The van der Waals surface area contributed by atoms with Crippen LogP contribution in [0.25, 0.3) is 0 Å². The molecule has 1 atom stereocenters. The smallest absolute Gasteiger partial charge is 0.251 e. The second-order valence-electron chi connectivity index (χ2n) is 4.36. The summed E-state index contributed by atoms with van der Waals surface area (Å²) in [6.45, 7) is 4.09. The molecule has 0 saturated heterocycles. The van der Waals surface area contributed by atoms with E-state index in [4.69, 9.17) is 9.47 Å². The first-order valence-corrected chi connectivity index (χ1v) is 7.05. The van der Waals surface area contributed by atoms with Crippen molar-refractivity contribution in [3.8, 4) is 11.5 Å². The van der Waals surface area contributed by atoms with Crippen molar-refractivity contribution >= 4 is 21.8 Å². The normalized spacial score (nSPS) is 11.8. The maximum absolute atomic E-state index is 12.1. The number of hydrogen-bond acceptors (Lipinski definition) is 3. The second kappa shape index (κ2) is 7.38. The van der Waals surface area contributed by atoms with Gasteiger partial charge in [0.05, 0.1) is 14.2 Å². The minimum atomic E-state index is -0.120. The molecule has 1 N–H and O–H groups in total. The van der Waals surface area contributed by atoms with Gasteiger partial charge in [-0.1, -0.05) is 13.3 Å². The quantitative estimate of drug-likeness (QED) is 0.870. The Balaban J connectivity index is 2.97. The lowest BCUT2D eigenvalue weighted by Gasteiger charge is -2.15. The minimum absolute atomic E-state index is 0.120. The Hall–Kier alpha value is -1.23. The van der Waals surface area contributed by atoms with Gasteiger partial charge in [-0.3, -0.25) is 4.79 Å². The number of rotatable bonds is 6. The molecule has 0 saturated carbocycles. The Bertz CT molecular complexity index is 423. The zero-order valence-corrected chi connectivity index (χ0v) is 13.3. The SMILES string of the molecule is CCC[C@H](C)NC(=O)c1cc(OC)c(Br)c(OC)c1. The van der Waals surface area contributed by atoms with Crippen LogP contribution in [-0.2, 0) is 0 Å². The van der Waals surface area contributed by atoms with Gasteiger partial charge in [0.1, 0.15) is 16.0 Å². The van der Waals surface area contributed by atoms with Gasteiger partial charge in [-0.2, -0.15) is 0 Å². The summed E-state index contributed by atoms with van der Waals surface area (Å²) < 4.78 is 11.2. The molecule has 0 radical (unpaired) electrons. The number of benzene rings is 1. The van der Waals surface area contributed by atoms with Crippen molar-refractivity contribution in [2.75, 3.05) is 14.2 Å². The zero-order valence-electron chi connectivity index (χ0n) is 11.7. The molecule has 0 aliphatic carbocycles. The summed E-state index contributed by atoms with van der Waals surface area (Å²) >= 11 is 3.38. The molecule has 5 heteroatoms. The van der Waals surface area contributed by atoms with E-state index < -0.39 is 0 Å². The molecule has 106 valence electrons. The van der Waals surface area contributed by atoms with Crippen molar-refractivity contribution in [1.29, 1.82) is 0 Å². The minimum Gasteiger partial charge on any atom is -0.495 e. The van der Waals surface area contributed by atoms with E-state index in [-0.39, 0.29) is 11.9 Å². The number of hydrogen-bond donors (Lipinski definition) is 1. The molecule has 0 bridgehead atoms. The van der Waals surface area contributed by atoms with E-state index >= 15 is 0 Å². The standard InChI is InChI=1S/C14H20BrNO3/c1-5-6-9(2)16-14(17)10-7-11(18-3)13(15)12(8-10)19-4/h7-9H,5-6H2,1-4H3,(H,16,17)/t9-/m0/s1. The van der Waals surface area contributed by atoms with Crippen LogP contribution in [-0.4, -0.2) is 26.2 Å². The molecular weight excluding hydrogens is 310 g/mol. The van der Waals surface area contributed by atoms with Gasteiger partial charge in [0.15, 0.2) is 0 Å². The number of carbonyl (C=O) groups is 1. The van der Waals surface area contributed by atoms with Crippen LogP contribution in [0.15, 0.2) is 16.6 Å². The van der Waals surface area contributed by atoms with Crippen molar-refractivity contribution in [3.05, 3.63) is 22.2 Å². The third kappa shape index (κ3) is 4.13. The Morgan fingerprint density at radius 2 is 1.84 bits per heavy atom. The van der Waals surface area contributed by atoms with Crippen LogP contribution in [0.3, 0.4) is 0 Å². The van der Waals surface area contributed by atoms with Gasteiger partial charge in [-0.15, -0.1) is 0 Å². The molecule has 19 heavy (non-hydrogen) atoms. The van der Waals surface area contributed by atoms with Crippen LogP contribution >= 0.6 is 15.9 Å². The predicted molar refractivity (Wildman–Crippen MR) is 79.1 cm³/mol. The van der Waals surface area contributed by atoms with E-state index in [2.05, 4.69) is 28.2 Å². The summed E-state index contributed by atoms with van der Waals surface area (Å²) in [4.78, 5) is 12.1. The molecule has 4 nitrogen and oxygen atoms in total. The lowest BCUT2D eigenvalue weighted by Crippen LogP contribution is -2.32. The summed E-state index contributed by atoms with van der Waals surface area (Å²) in [7, 11) is 3.11. The Morgan fingerprint density at radius 1 is 1.32 bits per heavy atom. The lowest BCUT2D eigenvalue weighted by molar-refractivity contribution is 0.0937. The largest absolute Gasteiger partial charge is 0.495 e. The molecule has 1 aromatic carbocycles. The first-order chi connectivity index (χ1) is 9.03. The third-order valence-electron chi connectivity index (χ3n) is 2.81. The third-order valence-corrected chi connectivity index (χ3v) is 3.59. The van der Waals surface area contributed by atoms with Crippen LogP contribution in [0.4, 0.5) is 0 Å². The summed E-state index contributed by atoms with van der Waals surface area (Å²) in [6.07, 6.45) is 1.99. The maximum atomic E-state index is 12.1. The van der Waals surface area contributed by atoms with E-state index in [9.17, 15) is 4.79 Å². The number of carbonyl (C=O) groups excluding carboxylic acids is 1. The van der Waals surface area contributed by atoms with Gasteiger partial charge in [-0.05, 0) is 41.4 Å². The van der Waals surface area contributed by atoms with Gasteiger partial charge in [0, 0.05) is 11.6 Å². The van der Waals surface area contributed by atoms with Gasteiger partial charge in [0.25, 0.3) is 5.91 Å². The van der Waals surface area contributed by atoms with Crippen LogP contribution in [0.5, 0.6) is 11.5 Å². The van der Waals surface area contributed by atoms with Crippen LogP contribution in [0.2, 0.25) is 0 Å². The topological polar surface area (TPSA) is 47.6 Å².